The molecule has 0 spiro atoms. The monoisotopic (exact) mass is 472 g/mol. The number of aliphatic hydroxyl groups is 2. The molecule has 33 heavy (non-hydrogen) atoms. The number of carbonyl (C=O) groups excluding carboxylic acids is 1. The van der Waals surface area contributed by atoms with Crippen molar-refractivity contribution in [3.05, 3.63) is 63.8 Å². The van der Waals surface area contributed by atoms with Gasteiger partial charge in [-0.15, -0.1) is 0 Å². The van der Waals surface area contributed by atoms with E-state index in [1.807, 2.05) is 31.2 Å². The molecule has 1 atom stereocenters. The van der Waals surface area contributed by atoms with E-state index >= 15 is 0 Å². The first-order valence-corrected chi connectivity index (χ1v) is 11.9. The SMILES string of the molecule is Cc1cc(SC2=C(O)CC(CCc3ccc(O)cc3)OC2=O)c(C(C)(C)C)cc1OCCO. The lowest BCUT2D eigenvalue weighted by Gasteiger charge is -2.27. The van der Waals surface area contributed by atoms with Crippen LogP contribution < -0.4 is 4.74 Å². The molecule has 178 valence electrons. The van der Waals surface area contributed by atoms with Crippen LogP contribution in [0, 0.1) is 6.92 Å². The number of phenolic OH excluding ortho intramolecular Hbond substituents is 1. The molecule has 0 radical (unpaired) electrons. The van der Waals surface area contributed by atoms with Gasteiger partial charge in [0.05, 0.1) is 6.61 Å². The van der Waals surface area contributed by atoms with Gasteiger partial charge in [0.25, 0.3) is 0 Å². The zero-order valence-electron chi connectivity index (χ0n) is 19.6. The van der Waals surface area contributed by atoms with Gasteiger partial charge in [0.1, 0.15) is 34.9 Å². The molecule has 0 saturated carbocycles. The molecule has 1 aliphatic rings. The highest BCUT2D eigenvalue weighted by atomic mass is 32.2. The van der Waals surface area contributed by atoms with Gasteiger partial charge in [0.2, 0.25) is 0 Å². The standard InChI is InChI=1S/C26H32O6S/c1-16-13-23(20(26(2,3)4)15-22(16)31-12-11-27)33-24-21(29)14-19(32-25(24)30)10-7-17-5-8-18(28)9-6-17/h5-6,8-9,13,15,19,27-29H,7,10-12,14H2,1-4H3. The van der Waals surface area contributed by atoms with Crippen molar-refractivity contribution in [3.8, 4) is 11.5 Å². The number of aliphatic hydroxyl groups excluding tert-OH is 2. The number of esters is 1. The average molecular weight is 473 g/mol. The minimum absolute atomic E-state index is 0.0464. The van der Waals surface area contributed by atoms with Crippen LogP contribution in [0.15, 0.2) is 52.0 Å². The number of ether oxygens (including phenoxy) is 2. The van der Waals surface area contributed by atoms with Gasteiger partial charge in [-0.05, 0) is 66.1 Å². The summed E-state index contributed by atoms with van der Waals surface area (Å²) in [6, 6.07) is 10.8. The molecular formula is C26H32O6S. The summed E-state index contributed by atoms with van der Waals surface area (Å²) in [6.07, 6.45) is 1.14. The van der Waals surface area contributed by atoms with E-state index in [1.165, 1.54) is 11.8 Å². The van der Waals surface area contributed by atoms with Gasteiger partial charge in [0, 0.05) is 11.3 Å². The van der Waals surface area contributed by atoms with E-state index in [9.17, 15) is 15.0 Å². The number of benzene rings is 2. The third-order valence-electron chi connectivity index (χ3n) is 5.48. The van der Waals surface area contributed by atoms with Crippen molar-refractivity contribution in [1.29, 1.82) is 0 Å². The number of aromatic hydroxyl groups is 1. The van der Waals surface area contributed by atoms with Crippen molar-refractivity contribution in [2.24, 2.45) is 0 Å². The molecule has 0 aliphatic carbocycles. The maximum absolute atomic E-state index is 12.8. The summed E-state index contributed by atoms with van der Waals surface area (Å²) < 4.78 is 11.3. The van der Waals surface area contributed by atoms with Crippen LogP contribution in [0.1, 0.15) is 50.3 Å². The molecule has 7 heteroatoms. The fraction of sp³-hybridized carbons (Fsp3) is 0.423. The first-order chi connectivity index (χ1) is 15.6. The summed E-state index contributed by atoms with van der Waals surface area (Å²) in [5, 5.41) is 29.2. The molecule has 2 aromatic rings. The fourth-order valence-electron chi connectivity index (χ4n) is 3.68. The summed E-state index contributed by atoms with van der Waals surface area (Å²) >= 11 is 1.22. The van der Waals surface area contributed by atoms with Gasteiger partial charge in [-0.1, -0.05) is 44.7 Å². The van der Waals surface area contributed by atoms with E-state index in [-0.39, 0.29) is 41.5 Å². The maximum Gasteiger partial charge on any atom is 0.348 e. The highest BCUT2D eigenvalue weighted by Gasteiger charge is 2.31. The number of thioether (sulfide) groups is 1. The lowest BCUT2D eigenvalue weighted by atomic mass is 9.86. The molecule has 1 aliphatic heterocycles. The molecule has 1 unspecified atom stereocenters. The van der Waals surface area contributed by atoms with Crippen molar-refractivity contribution in [1.82, 2.24) is 0 Å². The Balaban J connectivity index is 1.78. The smallest absolute Gasteiger partial charge is 0.348 e. The van der Waals surface area contributed by atoms with E-state index < -0.39 is 12.1 Å². The first-order valence-electron chi connectivity index (χ1n) is 11.1. The lowest BCUT2D eigenvalue weighted by molar-refractivity contribution is -0.145. The molecule has 1 heterocycles. The molecular weight excluding hydrogens is 440 g/mol. The summed E-state index contributed by atoms with van der Waals surface area (Å²) in [4.78, 5) is 13.9. The molecule has 2 aromatic carbocycles. The zero-order valence-corrected chi connectivity index (χ0v) is 20.4. The van der Waals surface area contributed by atoms with E-state index in [1.54, 1.807) is 12.1 Å². The summed E-state index contributed by atoms with van der Waals surface area (Å²) in [5.74, 6) is 0.433. The van der Waals surface area contributed by atoms with Crippen LogP contribution in [0.5, 0.6) is 11.5 Å². The largest absolute Gasteiger partial charge is 0.511 e. The molecule has 0 amide bonds. The van der Waals surface area contributed by atoms with Crippen LogP contribution in [-0.2, 0) is 21.4 Å². The Hall–Kier alpha value is -2.64. The second kappa shape index (κ2) is 10.5. The molecule has 6 nitrogen and oxygen atoms in total. The third-order valence-corrected chi connectivity index (χ3v) is 6.64. The molecule has 0 fully saturated rings. The fourth-order valence-corrected chi connectivity index (χ4v) is 4.94. The predicted octanol–water partition coefficient (Wildman–Crippen LogP) is 5.18. The molecule has 0 bridgehead atoms. The van der Waals surface area contributed by atoms with Crippen molar-refractivity contribution in [2.75, 3.05) is 13.2 Å². The maximum atomic E-state index is 12.8. The van der Waals surface area contributed by atoms with Crippen molar-refractivity contribution in [3.63, 3.8) is 0 Å². The minimum Gasteiger partial charge on any atom is -0.511 e. The van der Waals surface area contributed by atoms with Gasteiger partial charge >= 0.3 is 5.97 Å². The number of carbonyl (C=O) groups is 1. The van der Waals surface area contributed by atoms with Gasteiger partial charge in [-0.2, -0.15) is 0 Å². The van der Waals surface area contributed by atoms with Gasteiger partial charge in [0.15, 0.2) is 0 Å². The average Bonchev–Trinajstić information content (AvgIpc) is 2.74. The number of cyclic esters (lactones) is 1. The summed E-state index contributed by atoms with van der Waals surface area (Å²) in [6.45, 7) is 8.27. The number of phenols is 1. The van der Waals surface area contributed by atoms with Crippen LogP contribution in [-0.4, -0.2) is 40.6 Å². The lowest BCUT2D eigenvalue weighted by Crippen LogP contribution is -2.26. The Morgan fingerprint density at radius 1 is 1.15 bits per heavy atom. The topological polar surface area (TPSA) is 96.2 Å². The highest BCUT2D eigenvalue weighted by Crippen LogP contribution is 2.42. The number of hydrogen-bond donors (Lipinski definition) is 3. The number of hydrogen-bond acceptors (Lipinski definition) is 7. The zero-order chi connectivity index (χ0) is 24.2. The van der Waals surface area contributed by atoms with Crippen LogP contribution in [0.3, 0.4) is 0 Å². The Labute approximate surface area is 199 Å². The van der Waals surface area contributed by atoms with E-state index in [0.29, 0.717) is 18.6 Å². The second-order valence-corrected chi connectivity index (χ2v) is 10.3. The Morgan fingerprint density at radius 2 is 1.85 bits per heavy atom. The van der Waals surface area contributed by atoms with E-state index in [4.69, 9.17) is 14.6 Å². The van der Waals surface area contributed by atoms with Gasteiger partial charge in [-0.25, -0.2) is 4.79 Å². The van der Waals surface area contributed by atoms with E-state index in [0.717, 1.165) is 21.6 Å². The molecule has 3 N–H and O–H groups in total. The molecule has 0 saturated heterocycles. The van der Waals surface area contributed by atoms with Gasteiger partial charge in [-0.3, -0.25) is 0 Å². The number of rotatable bonds is 8. The first kappa shape index (κ1) is 25.0. The van der Waals surface area contributed by atoms with Crippen LogP contribution in [0.4, 0.5) is 0 Å². The van der Waals surface area contributed by atoms with Gasteiger partial charge < -0.3 is 24.8 Å². The summed E-state index contributed by atoms with van der Waals surface area (Å²) in [7, 11) is 0. The van der Waals surface area contributed by atoms with Crippen LogP contribution in [0.25, 0.3) is 0 Å². The minimum atomic E-state index is -0.516. The third kappa shape index (κ3) is 6.45. The Kier molecular flexibility index (Phi) is 7.97. The van der Waals surface area contributed by atoms with Crippen molar-refractivity contribution in [2.45, 2.75) is 63.4 Å². The number of aryl methyl sites for hydroxylation is 2. The normalized spacial score (nSPS) is 16.6. The quantitative estimate of drug-likeness (QED) is 0.456. The predicted molar refractivity (Wildman–Crippen MR) is 129 cm³/mol. The van der Waals surface area contributed by atoms with Crippen molar-refractivity contribution < 1.29 is 29.6 Å². The van der Waals surface area contributed by atoms with E-state index in [2.05, 4.69) is 20.8 Å². The molecule has 0 aromatic heterocycles. The highest BCUT2D eigenvalue weighted by molar-refractivity contribution is 8.04. The molecule has 3 rings (SSSR count). The van der Waals surface area contributed by atoms with Crippen LogP contribution >= 0.6 is 11.8 Å². The Morgan fingerprint density at radius 3 is 2.45 bits per heavy atom. The Bertz CT molecular complexity index is 1020. The summed E-state index contributed by atoms with van der Waals surface area (Å²) in [5.41, 5.74) is 2.67. The second-order valence-electron chi connectivity index (χ2n) is 9.25. The van der Waals surface area contributed by atoms with Crippen molar-refractivity contribution >= 4 is 17.7 Å². The van der Waals surface area contributed by atoms with Crippen LogP contribution in [0.2, 0.25) is 0 Å².